The normalized spacial score (nSPS) is 13.4. The van der Waals surface area contributed by atoms with Gasteiger partial charge in [0.1, 0.15) is 5.82 Å². The Kier molecular flexibility index (Phi) is 11.9. The van der Waals surface area contributed by atoms with E-state index in [0.717, 1.165) is 94.4 Å². The maximum atomic E-state index is 9.39. The average molecular weight is 1250 g/mol. The average Bonchev–Trinajstić information content (AvgIpc) is 1.65. The van der Waals surface area contributed by atoms with Gasteiger partial charge in [0.2, 0.25) is 0 Å². The van der Waals surface area contributed by atoms with Crippen molar-refractivity contribution in [1.82, 2.24) is 14.1 Å². The van der Waals surface area contributed by atoms with Crippen LogP contribution in [0.2, 0.25) is 0 Å². The van der Waals surface area contributed by atoms with E-state index in [1.54, 1.807) is 0 Å². The minimum atomic E-state index is -0.433. The van der Waals surface area contributed by atoms with E-state index >= 15 is 0 Å². The van der Waals surface area contributed by atoms with E-state index < -0.39 is 11.5 Å². The Bertz CT molecular complexity index is 4730. The van der Waals surface area contributed by atoms with Crippen LogP contribution in [0.5, 0.6) is 11.5 Å². The molecule has 0 N–H and O–H groups in total. The number of hydrogen-bond acceptors (Lipinski definition) is 2. The molecule has 4 heterocycles. The minimum Gasteiger partial charge on any atom is -0.510 e. The van der Waals surface area contributed by atoms with Gasteiger partial charge in [-0.25, -0.2) is 4.98 Å². The van der Waals surface area contributed by atoms with Crippen LogP contribution in [0.25, 0.3) is 106 Å². The third kappa shape index (κ3) is 9.51. The first-order valence-electron chi connectivity index (χ1n) is 30.5. The molecule has 0 atom stereocenters. The standard InChI is InChI=1S/C76H68N4O.Pt/c1-73(2,3)51-37-38-77-69(44-51)80-66-34-19-18-28-59(66)60-36-35-56(46-67(60)80)81-55-26-20-25-54(45-55)78-47-79-71-63(32-22-33-65(71)76(10,11)12)62-31-21-30-57(48-23-14-13-15-24-48)70(62)61-29-17-16-27-58(61)64-41-50(42-68(78)72(64)79)49-39-52(74(4,5)6)43-53(40-49)75(7,8)9;/h13-44H,1-12H3;/q-2;/i13D,14D,15D,23D,24D;. The summed E-state index contributed by atoms with van der Waals surface area (Å²) in [5, 5.41) is 2.14. The van der Waals surface area contributed by atoms with Crippen molar-refractivity contribution in [3.63, 3.8) is 0 Å². The van der Waals surface area contributed by atoms with Crippen molar-refractivity contribution < 1.29 is 37.2 Å². The topological polar surface area (TPSA) is 35.9 Å². The number of nitrogens with zero attached hydrogens (tertiary/aromatic N) is 4. The molecule has 9 aromatic carbocycles. The second-order valence-corrected chi connectivity index (χ2v) is 25.8. The summed E-state index contributed by atoms with van der Waals surface area (Å²) in [6.07, 6.45) is 5.86. The van der Waals surface area contributed by atoms with Crippen molar-refractivity contribution in [2.75, 3.05) is 0 Å². The number of aromatic nitrogens is 4. The van der Waals surface area contributed by atoms with Crippen LogP contribution in [-0.2, 0) is 42.7 Å². The summed E-state index contributed by atoms with van der Waals surface area (Å²) in [5.41, 5.74) is 17.1. The molecule has 82 heavy (non-hydrogen) atoms. The van der Waals surface area contributed by atoms with Crippen LogP contribution in [0.3, 0.4) is 0 Å². The Morgan fingerprint density at radius 2 is 1.12 bits per heavy atom. The first-order chi connectivity index (χ1) is 40.8. The van der Waals surface area contributed by atoms with E-state index in [9.17, 15) is 2.74 Å². The van der Waals surface area contributed by atoms with Crippen LogP contribution < -0.4 is 9.30 Å². The molecule has 410 valence electrons. The number of pyridine rings is 1. The van der Waals surface area contributed by atoms with Crippen LogP contribution in [0, 0.1) is 18.5 Å². The predicted octanol–water partition coefficient (Wildman–Crippen LogP) is 19.4. The zero-order valence-electron chi connectivity index (χ0n) is 53.6. The largest absolute Gasteiger partial charge is 0.510 e. The molecule has 0 aliphatic carbocycles. The molecule has 0 radical (unpaired) electrons. The third-order valence-corrected chi connectivity index (χ3v) is 16.0. The van der Waals surface area contributed by atoms with Crippen LogP contribution in [0.1, 0.15) is 112 Å². The Balaban J connectivity index is 0.00000739. The van der Waals surface area contributed by atoms with Crippen LogP contribution in [-0.4, -0.2) is 14.1 Å². The van der Waals surface area contributed by atoms with Gasteiger partial charge in [0.05, 0.1) is 23.6 Å². The number of para-hydroxylation sites is 2. The maximum absolute atomic E-state index is 9.39. The van der Waals surface area contributed by atoms with E-state index in [0.29, 0.717) is 22.7 Å². The molecule has 6 heteroatoms. The minimum absolute atomic E-state index is 0. The van der Waals surface area contributed by atoms with Gasteiger partial charge < -0.3 is 13.9 Å². The fourth-order valence-electron chi connectivity index (χ4n) is 11.7. The van der Waals surface area contributed by atoms with E-state index in [1.165, 1.54) is 16.7 Å². The Hall–Kier alpha value is -8.11. The molecule has 0 amide bonds. The quantitative estimate of drug-likeness (QED) is 0.123. The molecule has 13 rings (SSSR count). The molecular formula is C76H68N4OPt-2. The van der Waals surface area contributed by atoms with Gasteiger partial charge >= 0.3 is 0 Å². The number of rotatable bonds is 6. The van der Waals surface area contributed by atoms with E-state index in [1.807, 2.05) is 48.7 Å². The van der Waals surface area contributed by atoms with Crippen LogP contribution >= 0.6 is 0 Å². The summed E-state index contributed by atoms with van der Waals surface area (Å²) in [6.45, 7) is 26.9. The Labute approximate surface area is 505 Å². The zero-order chi connectivity index (χ0) is 60.7. The molecule has 5 nitrogen and oxygen atoms in total. The van der Waals surface area contributed by atoms with Gasteiger partial charge in [-0.1, -0.05) is 222 Å². The number of ether oxygens (including phenoxy) is 1. The summed E-state index contributed by atoms with van der Waals surface area (Å²) in [6, 6.07) is 60.7. The Morgan fingerprint density at radius 1 is 0.488 bits per heavy atom. The van der Waals surface area contributed by atoms with E-state index in [4.69, 9.17) is 13.8 Å². The molecule has 1 aliphatic heterocycles. The van der Waals surface area contributed by atoms with Crippen LogP contribution in [0.15, 0.2) is 194 Å². The fraction of sp³-hybridized carbons (Fsp3) is 0.211. The monoisotopic (exact) mass is 1250 g/mol. The predicted molar refractivity (Wildman–Crippen MR) is 336 cm³/mol. The summed E-state index contributed by atoms with van der Waals surface area (Å²) < 4.78 is 58.6. The molecule has 12 aromatic rings. The van der Waals surface area contributed by atoms with Gasteiger partial charge in [-0.15, -0.1) is 29.7 Å². The first kappa shape index (κ1) is 48.6. The Morgan fingerprint density at radius 3 is 1.85 bits per heavy atom. The van der Waals surface area contributed by atoms with Gasteiger partial charge in [-0.2, -0.15) is 18.2 Å². The molecule has 0 saturated heterocycles. The summed E-state index contributed by atoms with van der Waals surface area (Å²) >= 11 is 0. The smallest absolute Gasteiger partial charge is 0.268 e. The molecule has 0 fully saturated rings. The number of benzene rings is 9. The molecule has 0 saturated carbocycles. The molecule has 0 bridgehead atoms. The molecule has 0 unspecified atom stereocenters. The van der Waals surface area contributed by atoms with Crippen molar-refractivity contribution >= 4 is 32.8 Å². The summed E-state index contributed by atoms with van der Waals surface area (Å²) in [7, 11) is 0. The van der Waals surface area contributed by atoms with Crippen molar-refractivity contribution in [2.45, 2.75) is 105 Å². The maximum Gasteiger partial charge on any atom is 0.268 e. The number of fused-ring (bicyclic) bond motifs is 10. The van der Waals surface area contributed by atoms with Crippen molar-refractivity contribution in [3.05, 3.63) is 235 Å². The van der Waals surface area contributed by atoms with Gasteiger partial charge in [0.15, 0.2) is 0 Å². The fourth-order valence-corrected chi connectivity index (χ4v) is 11.7. The van der Waals surface area contributed by atoms with Gasteiger partial charge in [-0.05, 0) is 135 Å². The second-order valence-electron chi connectivity index (χ2n) is 25.8. The van der Waals surface area contributed by atoms with Crippen molar-refractivity contribution in [2.24, 2.45) is 0 Å². The molecular weight excluding hydrogens is 1180 g/mol. The van der Waals surface area contributed by atoms with Crippen molar-refractivity contribution in [1.29, 1.82) is 0 Å². The second kappa shape index (κ2) is 20.1. The summed E-state index contributed by atoms with van der Waals surface area (Å²) in [5.74, 6) is 1.83. The van der Waals surface area contributed by atoms with Crippen molar-refractivity contribution in [3.8, 4) is 84.3 Å². The van der Waals surface area contributed by atoms with Gasteiger partial charge in [0, 0.05) is 44.3 Å². The van der Waals surface area contributed by atoms with E-state index in [2.05, 4.69) is 231 Å². The van der Waals surface area contributed by atoms with E-state index in [-0.39, 0.29) is 67.0 Å². The summed E-state index contributed by atoms with van der Waals surface area (Å²) in [4.78, 5) is 4.91. The molecule has 3 aromatic heterocycles. The molecule has 0 spiro atoms. The number of hydrogen-bond donors (Lipinski definition) is 0. The molecule has 1 aliphatic rings. The number of imidazole rings is 1. The van der Waals surface area contributed by atoms with Gasteiger partial charge in [-0.3, -0.25) is 4.57 Å². The third-order valence-electron chi connectivity index (χ3n) is 16.0. The SMILES string of the molecule is [2H]c1c([2H])c([2H])c(-c2cccc3c2-c2ccccc2-c2cc(-c4cc(C(C)(C)C)cc(C(C)(C)C)c4)cc4c2[n+]([c-]n4-c2[c-]c(Oc4[c-]c5c(cc4)c4ccccc4n5-c4cc(C(C)(C)C)ccn4)ccc2)-c2c-3cccc2C(C)(C)C)c([2H])c1[2H].[Pt]. The van der Waals surface area contributed by atoms with Crippen LogP contribution in [0.4, 0.5) is 0 Å². The zero-order valence-corrected chi connectivity index (χ0v) is 50.9. The first-order valence-corrected chi connectivity index (χ1v) is 28.0. The van der Waals surface area contributed by atoms with Gasteiger partial charge in [0.25, 0.3) is 6.33 Å².